The Morgan fingerprint density at radius 1 is 1.15 bits per heavy atom. The number of nitrogens with zero attached hydrogens (tertiary/aromatic N) is 1. The van der Waals surface area contributed by atoms with Crippen LogP contribution in [-0.2, 0) is 14.8 Å². The highest BCUT2D eigenvalue weighted by atomic mass is 32.2. The van der Waals surface area contributed by atoms with E-state index in [1.807, 2.05) is 20.8 Å². The Hall–Kier alpha value is -2.45. The van der Waals surface area contributed by atoms with Gasteiger partial charge in [0.1, 0.15) is 0 Å². The van der Waals surface area contributed by atoms with Gasteiger partial charge in [0.05, 0.1) is 15.1 Å². The number of nitrogens with one attached hydrogen (secondary N) is 2. The fourth-order valence-corrected chi connectivity index (χ4v) is 4.66. The van der Waals surface area contributed by atoms with Crippen LogP contribution in [0.2, 0.25) is 0 Å². The summed E-state index contributed by atoms with van der Waals surface area (Å²) in [6.45, 7) is 5.87. The predicted octanol–water partition coefficient (Wildman–Crippen LogP) is 4.39. The van der Waals surface area contributed by atoms with Gasteiger partial charge in [0.2, 0.25) is 5.91 Å². The summed E-state index contributed by atoms with van der Waals surface area (Å²) < 4.78 is 28.3. The maximum absolute atomic E-state index is 12.5. The lowest BCUT2D eigenvalue weighted by Crippen LogP contribution is -2.13. The van der Waals surface area contributed by atoms with Crippen LogP contribution in [-0.4, -0.2) is 19.3 Å². The first-order valence-corrected chi connectivity index (χ1v) is 10.8. The fraction of sp³-hybridized carbons (Fsp3) is 0.263. The summed E-state index contributed by atoms with van der Waals surface area (Å²) in [7, 11) is -3.69. The number of thiazole rings is 1. The molecule has 2 aromatic carbocycles. The highest BCUT2D eigenvalue weighted by Gasteiger charge is 2.16. The lowest BCUT2D eigenvalue weighted by atomic mass is 10.1. The summed E-state index contributed by atoms with van der Waals surface area (Å²) >= 11 is 1.22. The van der Waals surface area contributed by atoms with Gasteiger partial charge < -0.3 is 5.32 Å². The molecule has 0 aliphatic carbocycles. The smallest absolute Gasteiger partial charge is 0.263 e. The Morgan fingerprint density at radius 3 is 2.52 bits per heavy atom. The number of carbonyl (C=O) groups excluding carboxylic acids is 1. The van der Waals surface area contributed by atoms with Gasteiger partial charge in [-0.25, -0.2) is 13.4 Å². The molecule has 8 heteroatoms. The van der Waals surface area contributed by atoms with E-state index in [1.165, 1.54) is 11.3 Å². The monoisotopic (exact) mass is 403 g/mol. The van der Waals surface area contributed by atoms with E-state index in [4.69, 9.17) is 0 Å². The van der Waals surface area contributed by atoms with Crippen molar-refractivity contribution in [2.24, 2.45) is 5.92 Å². The quantitative estimate of drug-likeness (QED) is 0.639. The molecule has 0 spiro atoms. The van der Waals surface area contributed by atoms with Crippen LogP contribution in [0.4, 0.5) is 10.8 Å². The largest absolute Gasteiger partial charge is 0.326 e. The first kappa shape index (κ1) is 19.3. The molecular formula is C19H21N3O3S2. The van der Waals surface area contributed by atoms with E-state index < -0.39 is 10.0 Å². The molecule has 2 N–H and O–H groups in total. The minimum absolute atomic E-state index is 0.0471. The van der Waals surface area contributed by atoms with E-state index in [0.29, 0.717) is 17.6 Å². The molecule has 0 unspecified atom stereocenters. The van der Waals surface area contributed by atoms with Crippen LogP contribution in [0.1, 0.15) is 25.8 Å². The molecule has 0 saturated heterocycles. The molecule has 0 aliphatic rings. The number of anilines is 2. The lowest BCUT2D eigenvalue weighted by molar-refractivity contribution is -0.116. The number of benzene rings is 2. The zero-order chi connectivity index (χ0) is 19.6. The highest BCUT2D eigenvalue weighted by molar-refractivity contribution is 7.93. The summed E-state index contributed by atoms with van der Waals surface area (Å²) in [5.74, 6) is 0.231. The number of aryl methyl sites for hydroxylation is 1. The number of hydrogen-bond donors (Lipinski definition) is 2. The van der Waals surface area contributed by atoms with Crippen LogP contribution in [0, 0.1) is 12.8 Å². The predicted molar refractivity (Wildman–Crippen MR) is 110 cm³/mol. The number of aromatic nitrogens is 1. The van der Waals surface area contributed by atoms with E-state index in [-0.39, 0.29) is 21.9 Å². The van der Waals surface area contributed by atoms with Crippen LogP contribution in [0.25, 0.3) is 10.2 Å². The van der Waals surface area contributed by atoms with Crippen molar-refractivity contribution in [2.75, 3.05) is 10.0 Å². The average molecular weight is 404 g/mol. The first-order chi connectivity index (χ1) is 12.7. The van der Waals surface area contributed by atoms with E-state index in [1.54, 1.807) is 42.5 Å². The molecule has 0 bridgehead atoms. The van der Waals surface area contributed by atoms with Crippen molar-refractivity contribution < 1.29 is 13.2 Å². The summed E-state index contributed by atoms with van der Waals surface area (Å²) in [4.78, 5) is 16.4. The first-order valence-electron chi connectivity index (χ1n) is 8.53. The van der Waals surface area contributed by atoms with E-state index in [9.17, 15) is 13.2 Å². The molecule has 0 atom stereocenters. The van der Waals surface area contributed by atoms with Gasteiger partial charge in [-0.15, -0.1) is 0 Å². The number of amides is 1. The molecule has 0 aliphatic heterocycles. The number of carbonyl (C=O) groups is 1. The van der Waals surface area contributed by atoms with Crippen molar-refractivity contribution in [3.63, 3.8) is 0 Å². The van der Waals surface area contributed by atoms with Gasteiger partial charge >= 0.3 is 0 Å². The molecule has 3 aromatic rings. The molecule has 3 rings (SSSR count). The van der Waals surface area contributed by atoms with E-state index in [2.05, 4.69) is 15.0 Å². The number of rotatable bonds is 6. The van der Waals surface area contributed by atoms with Gasteiger partial charge in [-0.3, -0.25) is 9.52 Å². The summed E-state index contributed by atoms with van der Waals surface area (Å²) in [6, 6.07) is 12.0. The Morgan fingerprint density at radius 2 is 1.85 bits per heavy atom. The van der Waals surface area contributed by atoms with Gasteiger partial charge in [0.25, 0.3) is 10.0 Å². The van der Waals surface area contributed by atoms with Crippen LogP contribution in [0.5, 0.6) is 0 Å². The molecule has 1 heterocycles. The van der Waals surface area contributed by atoms with Crippen LogP contribution in [0.15, 0.2) is 47.4 Å². The zero-order valence-electron chi connectivity index (χ0n) is 15.3. The molecule has 1 amide bonds. The van der Waals surface area contributed by atoms with Crippen molar-refractivity contribution in [3.8, 4) is 0 Å². The average Bonchev–Trinajstić information content (AvgIpc) is 2.95. The second-order valence-electron chi connectivity index (χ2n) is 6.77. The number of hydrogen-bond acceptors (Lipinski definition) is 5. The zero-order valence-corrected chi connectivity index (χ0v) is 16.9. The van der Waals surface area contributed by atoms with Crippen molar-refractivity contribution in [1.82, 2.24) is 4.98 Å². The van der Waals surface area contributed by atoms with Gasteiger partial charge in [0, 0.05) is 12.1 Å². The minimum atomic E-state index is -3.69. The van der Waals surface area contributed by atoms with Crippen molar-refractivity contribution in [2.45, 2.75) is 32.1 Å². The van der Waals surface area contributed by atoms with Crippen molar-refractivity contribution in [1.29, 1.82) is 0 Å². The maximum atomic E-state index is 12.5. The second kappa shape index (κ2) is 7.66. The Bertz CT molecular complexity index is 1070. The van der Waals surface area contributed by atoms with Crippen LogP contribution < -0.4 is 10.0 Å². The molecule has 142 valence electrons. The van der Waals surface area contributed by atoms with Crippen LogP contribution >= 0.6 is 11.3 Å². The SMILES string of the molecule is Cc1ccc(S(=O)(=O)Nc2nc3ccc(NC(=O)CC(C)C)cc3s2)cc1. The molecule has 0 radical (unpaired) electrons. The number of fused-ring (bicyclic) bond motifs is 1. The summed E-state index contributed by atoms with van der Waals surface area (Å²) in [5, 5.41) is 3.14. The lowest BCUT2D eigenvalue weighted by Gasteiger charge is -2.06. The molecule has 0 fully saturated rings. The Kier molecular flexibility index (Phi) is 5.48. The van der Waals surface area contributed by atoms with Gasteiger partial charge in [-0.05, 0) is 43.2 Å². The van der Waals surface area contributed by atoms with Crippen molar-refractivity contribution in [3.05, 3.63) is 48.0 Å². The standard InChI is InChI=1S/C19H21N3O3S2/c1-12(2)10-18(23)20-14-6-9-16-17(11-14)26-19(21-16)22-27(24,25)15-7-4-13(3)5-8-15/h4-9,11-12H,10H2,1-3H3,(H,20,23)(H,21,22). The van der Waals surface area contributed by atoms with E-state index >= 15 is 0 Å². The third-order valence-corrected chi connectivity index (χ3v) is 6.24. The third-order valence-electron chi connectivity index (χ3n) is 3.82. The Labute approximate surface area is 162 Å². The molecule has 0 saturated carbocycles. The maximum Gasteiger partial charge on any atom is 0.263 e. The summed E-state index contributed by atoms with van der Waals surface area (Å²) in [6.07, 6.45) is 0.447. The summed E-state index contributed by atoms with van der Waals surface area (Å²) in [5.41, 5.74) is 2.33. The molecule has 6 nitrogen and oxygen atoms in total. The van der Waals surface area contributed by atoms with E-state index in [0.717, 1.165) is 10.3 Å². The normalized spacial score (nSPS) is 11.7. The third kappa shape index (κ3) is 4.84. The Balaban J connectivity index is 1.80. The van der Waals surface area contributed by atoms with Crippen molar-refractivity contribution >= 4 is 48.3 Å². The second-order valence-corrected chi connectivity index (χ2v) is 9.48. The topological polar surface area (TPSA) is 88.2 Å². The molecule has 27 heavy (non-hydrogen) atoms. The van der Waals surface area contributed by atoms with Crippen LogP contribution in [0.3, 0.4) is 0 Å². The highest BCUT2D eigenvalue weighted by Crippen LogP contribution is 2.30. The van der Waals surface area contributed by atoms with Gasteiger partial charge in [0.15, 0.2) is 5.13 Å². The van der Waals surface area contributed by atoms with Gasteiger partial charge in [-0.2, -0.15) is 0 Å². The van der Waals surface area contributed by atoms with Gasteiger partial charge in [-0.1, -0.05) is 42.9 Å². The fourth-order valence-electron chi connectivity index (χ4n) is 2.52. The number of sulfonamides is 1. The molecular weight excluding hydrogens is 382 g/mol. The molecule has 1 aromatic heterocycles. The minimum Gasteiger partial charge on any atom is -0.326 e.